The van der Waals surface area contributed by atoms with Crippen LogP contribution in [0.2, 0.25) is 0 Å². The summed E-state index contributed by atoms with van der Waals surface area (Å²) in [6.07, 6.45) is 5.28. The normalized spacial score (nSPS) is 14.4. The topological polar surface area (TPSA) is 93.5 Å². The van der Waals surface area contributed by atoms with Gasteiger partial charge >= 0.3 is 0 Å². The van der Waals surface area contributed by atoms with E-state index in [0.717, 1.165) is 29.9 Å². The van der Waals surface area contributed by atoms with Gasteiger partial charge in [-0.1, -0.05) is 18.2 Å². The number of carbonyl (C=O) groups is 1. The fourth-order valence-corrected chi connectivity index (χ4v) is 5.45. The molecule has 9 heteroatoms. The summed E-state index contributed by atoms with van der Waals surface area (Å²) in [5.74, 6) is 0.754. The van der Waals surface area contributed by atoms with Crippen molar-refractivity contribution < 1.29 is 17.9 Å². The minimum Gasteiger partial charge on any atom is -0.496 e. The fraction of sp³-hybridized carbons (Fsp3) is 0.304. The van der Waals surface area contributed by atoms with E-state index < -0.39 is 15.9 Å². The molecule has 1 amide bonds. The molecule has 168 valence electrons. The third kappa shape index (κ3) is 4.26. The largest absolute Gasteiger partial charge is 0.496 e. The number of hydrogen-bond donors (Lipinski definition) is 1. The van der Waals surface area contributed by atoms with Gasteiger partial charge in [0.2, 0.25) is 10.0 Å². The zero-order valence-corrected chi connectivity index (χ0v) is 18.9. The fourth-order valence-electron chi connectivity index (χ4n) is 3.90. The Kier molecular flexibility index (Phi) is 6.29. The van der Waals surface area contributed by atoms with Gasteiger partial charge in [0, 0.05) is 32.0 Å². The van der Waals surface area contributed by atoms with Crippen LogP contribution in [0, 0.1) is 6.92 Å². The molecule has 1 aromatic heterocycles. The highest BCUT2D eigenvalue weighted by Crippen LogP contribution is 2.27. The van der Waals surface area contributed by atoms with E-state index in [9.17, 15) is 13.2 Å². The molecular formula is C23H26N4O4S. The Morgan fingerprint density at radius 1 is 1.16 bits per heavy atom. The molecule has 4 rings (SSSR count). The Hall–Kier alpha value is -3.17. The van der Waals surface area contributed by atoms with Gasteiger partial charge in [-0.2, -0.15) is 4.31 Å². The van der Waals surface area contributed by atoms with E-state index in [1.807, 2.05) is 42.0 Å². The van der Waals surface area contributed by atoms with Gasteiger partial charge in [-0.15, -0.1) is 0 Å². The number of methoxy groups -OCH3 is 1. The number of para-hydroxylation sites is 1. The van der Waals surface area contributed by atoms with Crippen LogP contribution in [0.4, 0.5) is 0 Å². The molecule has 2 heterocycles. The highest BCUT2D eigenvalue weighted by atomic mass is 32.2. The quantitative estimate of drug-likeness (QED) is 0.593. The molecule has 32 heavy (non-hydrogen) atoms. The molecule has 0 atom stereocenters. The average Bonchev–Trinajstić information content (AvgIpc) is 3.49. The maximum absolute atomic E-state index is 13.0. The summed E-state index contributed by atoms with van der Waals surface area (Å²) in [4.78, 5) is 17.4. The van der Waals surface area contributed by atoms with Gasteiger partial charge in [-0.25, -0.2) is 13.4 Å². The second-order valence-electron chi connectivity index (χ2n) is 7.63. The summed E-state index contributed by atoms with van der Waals surface area (Å²) < 4.78 is 34.6. The van der Waals surface area contributed by atoms with Crippen LogP contribution < -0.4 is 10.1 Å². The molecule has 8 nitrogen and oxygen atoms in total. The lowest BCUT2D eigenvalue weighted by Gasteiger charge is -2.17. The van der Waals surface area contributed by atoms with Crippen molar-refractivity contribution >= 4 is 15.9 Å². The Morgan fingerprint density at radius 3 is 2.59 bits per heavy atom. The predicted octanol–water partition coefficient (Wildman–Crippen LogP) is 2.90. The van der Waals surface area contributed by atoms with E-state index in [1.165, 1.54) is 29.6 Å². The summed E-state index contributed by atoms with van der Waals surface area (Å²) >= 11 is 0. The molecule has 0 unspecified atom stereocenters. The SMILES string of the molecule is COc1ccc(S(=O)(=O)N2CCCC2)cc1C(=O)NCc1ccccc1-n1ccnc1C. The van der Waals surface area contributed by atoms with Crippen LogP contribution in [0.25, 0.3) is 5.69 Å². The van der Waals surface area contributed by atoms with Crippen molar-refractivity contribution in [3.05, 3.63) is 71.8 Å². The van der Waals surface area contributed by atoms with Crippen LogP contribution in [0.5, 0.6) is 5.75 Å². The summed E-state index contributed by atoms with van der Waals surface area (Å²) in [6, 6.07) is 12.1. The molecular weight excluding hydrogens is 428 g/mol. The Labute approximate surface area is 187 Å². The molecule has 1 saturated heterocycles. The number of carbonyl (C=O) groups excluding carboxylic acids is 1. The molecule has 1 N–H and O–H groups in total. The molecule has 0 aliphatic carbocycles. The first-order valence-corrected chi connectivity index (χ1v) is 11.9. The third-order valence-corrected chi connectivity index (χ3v) is 7.53. The minimum absolute atomic E-state index is 0.0970. The zero-order valence-electron chi connectivity index (χ0n) is 18.1. The zero-order chi connectivity index (χ0) is 22.7. The van der Waals surface area contributed by atoms with Crippen molar-refractivity contribution in [3.8, 4) is 11.4 Å². The van der Waals surface area contributed by atoms with Crippen molar-refractivity contribution in [2.75, 3.05) is 20.2 Å². The van der Waals surface area contributed by atoms with Gasteiger partial charge in [-0.3, -0.25) is 4.79 Å². The second-order valence-corrected chi connectivity index (χ2v) is 9.57. The summed E-state index contributed by atoms with van der Waals surface area (Å²) in [6.45, 7) is 3.17. The number of rotatable bonds is 7. The number of aryl methyl sites for hydroxylation is 1. The van der Waals surface area contributed by atoms with Crippen LogP contribution in [0.1, 0.15) is 34.6 Å². The number of hydrogen-bond acceptors (Lipinski definition) is 5. The predicted molar refractivity (Wildman–Crippen MR) is 120 cm³/mol. The molecule has 1 fully saturated rings. The van der Waals surface area contributed by atoms with Crippen molar-refractivity contribution in [3.63, 3.8) is 0 Å². The Morgan fingerprint density at radius 2 is 1.91 bits per heavy atom. The number of aromatic nitrogens is 2. The smallest absolute Gasteiger partial charge is 0.255 e. The van der Waals surface area contributed by atoms with Gasteiger partial charge in [0.05, 0.1) is 23.3 Å². The van der Waals surface area contributed by atoms with E-state index in [2.05, 4.69) is 10.3 Å². The van der Waals surface area contributed by atoms with E-state index in [4.69, 9.17) is 4.74 Å². The number of benzene rings is 2. The molecule has 1 aliphatic heterocycles. The van der Waals surface area contributed by atoms with E-state index in [-0.39, 0.29) is 17.0 Å². The summed E-state index contributed by atoms with van der Waals surface area (Å²) in [5, 5.41) is 2.90. The van der Waals surface area contributed by atoms with Gasteiger partial charge in [0.15, 0.2) is 0 Å². The van der Waals surface area contributed by atoms with E-state index in [1.54, 1.807) is 6.20 Å². The third-order valence-electron chi connectivity index (χ3n) is 5.63. The lowest BCUT2D eigenvalue weighted by Crippen LogP contribution is -2.29. The number of sulfonamides is 1. The molecule has 1 aliphatic rings. The molecule has 2 aromatic carbocycles. The first-order valence-electron chi connectivity index (χ1n) is 10.5. The van der Waals surface area contributed by atoms with Crippen molar-refractivity contribution in [1.82, 2.24) is 19.2 Å². The molecule has 0 spiro atoms. The Balaban J connectivity index is 1.59. The number of nitrogens with zero attached hydrogens (tertiary/aromatic N) is 3. The molecule has 0 saturated carbocycles. The van der Waals surface area contributed by atoms with Crippen molar-refractivity contribution in [2.45, 2.75) is 31.2 Å². The molecule has 3 aromatic rings. The summed E-state index contributed by atoms with van der Waals surface area (Å²) in [7, 11) is -2.18. The molecule has 0 radical (unpaired) electrons. The van der Waals surface area contributed by atoms with Crippen LogP contribution in [-0.4, -0.2) is 48.4 Å². The Bertz CT molecular complexity index is 1230. The highest BCUT2D eigenvalue weighted by molar-refractivity contribution is 7.89. The first kappa shape index (κ1) is 22.0. The number of ether oxygens (including phenoxy) is 1. The standard InChI is InChI=1S/C23H26N4O4S/c1-17-24-11-14-27(17)21-8-4-3-7-18(21)16-25-23(28)20-15-19(9-10-22(20)31-2)32(29,30)26-12-5-6-13-26/h3-4,7-11,14-15H,5-6,12-13,16H2,1-2H3,(H,25,28). The number of amides is 1. The minimum atomic E-state index is -3.64. The van der Waals surface area contributed by atoms with Gasteiger partial charge < -0.3 is 14.6 Å². The maximum Gasteiger partial charge on any atom is 0.255 e. The van der Waals surface area contributed by atoms with Gasteiger partial charge in [0.1, 0.15) is 11.6 Å². The summed E-state index contributed by atoms with van der Waals surface area (Å²) in [5.41, 5.74) is 2.01. The van der Waals surface area contributed by atoms with E-state index in [0.29, 0.717) is 18.8 Å². The monoisotopic (exact) mass is 454 g/mol. The first-order chi connectivity index (χ1) is 15.4. The lowest BCUT2D eigenvalue weighted by atomic mass is 10.1. The average molecular weight is 455 g/mol. The number of imidazole rings is 1. The van der Waals surface area contributed by atoms with Gasteiger partial charge in [-0.05, 0) is 49.6 Å². The van der Waals surface area contributed by atoms with Crippen LogP contribution in [0.15, 0.2) is 59.8 Å². The number of nitrogens with one attached hydrogen (secondary N) is 1. The highest BCUT2D eigenvalue weighted by Gasteiger charge is 2.28. The van der Waals surface area contributed by atoms with Crippen molar-refractivity contribution in [2.24, 2.45) is 0 Å². The lowest BCUT2D eigenvalue weighted by molar-refractivity contribution is 0.0947. The second kappa shape index (κ2) is 9.13. The van der Waals surface area contributed by atoms with Gasteiger partial charge in [0.25, 0.3) is 5.91 Å². The molecule has 0 bridgehead atoms. The van der Waals surface area contributed by atoms with Crippen LogP contribution in [-0.2, 0) is 16.6 Å². The van der Waals surface area contributed by atoms with Crippen LogP contribution in [0.3, 0.4) is 0 Å². The maximum atomic E-state index is 13.0. The van der Waals surface area contributed by atoms with Crippen LogP contribution >= 0.6 is 0 Å². The van der Waals surface area contributed by atoms with Crippen molar-refractivity contribution in [1.29, 1.82) is 0 Å². The van der Waals surface area contributed by atoms with E-state index >= 15 is 0 Å².